The summed E-state index contributed by atoms with van der Waals surface area (Å²) in [5.74, 6) is 0.530. The molecule has 240 valence electrons. The third-order valence-corrected chi connectivity index (χ3v) is 9.73. The minimum Gasteiger partial charge on any atom is -0.382 e. The number of amides is 1. The van der Waals surface area contributed by atoms with E-state index in [1.165, 1.54) is 6.08 Å². The average molecular weight is 748 g/mol. The highest BCUT2D eigenvalue weighted by Gasteiger charge is 2.34. The Bertz CT molecular complexity index is 1760. The molecule has 0 bridgehead atoms. The Morgan fingerprint density at radius 1 is 1.22 bits per heavy atom. The van der Waals surface area contributed by atoms with Gasteiger partial charge in [-0.05, 0) is 70.6 Å². The van der Waals surface area contributed by atoms with Crippen molar-refractivity contribution in [3.63, 3.8) is 0 Å². The van der Waals surface area contributed by atoms with Crippen LogP contribution in [-0.2, 0) is 4.79 Å². The van der Waals surface area contributed by atoms with Crippen molar-refractivity contribution in [2.24, 2.45) is 0 Å². The summed E-state index contributed by atoms with van der Waals surface area (Å²) >= 11 is 9.02. The molecule has 2 aromatic carbocycles. The van der Waals surface area contributed by atoms with E-state index in [0.29, 0.717) is 53.6 Å². The maximum atomic E-state index is 17.0. The lowest BCUT2D eigenvalue weighted by Crippen LogP contribution is -2.58. The van der Waals surface area contributed by atoms with E-state index in [4.69, 9.17) is 27.3 Å². The monoisotopic (exact) mass is 747 g/mol. The van der Waals surface area contributed by atoms with Crippen molar-refractivity contribution in [3.8, 4) is 11.1 Å². The average Bonchev–Trinajstić information content (AvgIpc) is 3.31. The summed E-state index contributed by atoms with van der Waals surface area (Å²) in [6.07, 6.45) is 2.22. The van der Waals surface area contributed by atoms with Crippen LogP contribution < -0.4 is 16.0 Å². The molecule has 13 heteroatoms. The van der Waals surface area contributed by atoms with Gasteiger partial charge in [0, 0.05) is 48.2 Å². The lowest BCUT2D eigenvalue weighted by atomic mass is 9.94. The third-order valence-electron chi connectivity index (χ3n) is 8.70. The van der Waals surface area contributed by atoms with Crippen molar-refractivity contribution in [2.75, 3.05) is 55.2 Å². The van der Waals surface area contributed by atoms with Gasteiger partial charge in [0.2, 0.25) is 11.9 Å². The number of nitrogens with zero attached hydrogens (tertiary/aromatic N) is 7. The maximum absolute atomic E-state index is 17.0. The highest BCUT2D eigenvalue weighted by Crippen LogP contribution is 2.44. The molecule has 3 heterocycles. The van der Waals surface area contributed by atoms with Crippen LogP contribution in [0.15, 0.2) is 30.9 Å². The first kappa shape index (κ1) is 33.1. The molecule has 2 aromatic heterocycles. The van der Waals surface area contributed by atoms with E-state index in [0.717, 1.165) is 37.1 Å². The fourth-order valence-electron chi connectivity index (χ4n) is 6.23. The third kappa shape index (κ3) is 6.28. The molecule has 1 amide bonds. The van der Waals surface area contributed by atoms with Crippen LogP contribution in [0.25, 0.3) is 32.9 Å². The first-order valence-electron chi connectivity index (χ1n) is 15.3. The van der Waals surface area contributed by atoms with Crippen LogP contribution in [0.5, 0.6) is 0 Å². The lowest BCUT2D eigenvalue weighted by molar-refractivity contribution is -0.128. The molecule has 1 aliphatic rings. The molecule has 0 radical (unpaired) electrons. The molecule has 1 aliphatic heterocycles. The highest BCUT2D eigenvalue weighted by atomic mass is 127. The van der Waals surface area contributed by atoms with Crippen molar-refractivity contribution >= 4 is 79.8 Å². The number of hydrogen-bond donors (Lipinski definition) is 2. The molecule has 0 unspecified atom stereocenters. The van der Waals surface area contributed by atoms with E-state index in [1.54, 1.807) is 13.9 Å². The first-order valence-corrected chi connectivity index (χ1v) is 16.6. The van der Waals surface area contributed by atoms with Gasteiger partial charge in [0.15, 0.2) is 11.6 Å². The number of aryl methyl sites for hydroxylation is 1. The highest BCUT2D eigenvalue weighted by molar-refractivity contribution is 14.1. The van der Waals surface area contributed by atoms with Crippen LogP contribution in [0.3, 0.4) is 0 Å². The van der Waals surface area contributed by atoms with Crippen LogP contribution >= 0.6 is 34.5 Å². The summed E-state index contributed by atoms with van der Waals surface area (Å²) in [6.45, 7) is 18.4. The van der Waals surface area contributed by atoms with Gasteiger partial charge in [0.05, 0.1) is 38.8 Å². The van der Waals surface area contributed by atoms with E-state index in [1.807, 2.05) is 32.9 Å². The molecule has 45 heavy (non-hydrogen) atoms. The van der Waals surface area contributed by atoms with Crippen molar-refractivity contribution in [3.05, 3.63) is 47.3 Å². The van der Waals surface area contributed by atoms with Gasteiger partial charge in [-0.1, -0.05) is 38.1 Å². The fraction of sp³-hybridized carbons (Fsp3) is 0.438. The Morgan fingerprint density at radius 2 is 1.96 bits per heavy atom. The molecule has 0 spiro atoms. The van der Waals surface area contributed by atoms with Crippen LogP contribution in [-0.4, -0.2) is 85.0 Å². The minimum atomic E-state index is -0.551. The number of nitrogen functional groups attached to an aromatic ring is 1. The zero-order valence-electron chi connectivity index (χ0n) is 26.4. The second-order valence-electron chi connectivity index (χ2n) is 11.6. The van der Waals surface area contributed by atoms with Crippen LogP contribution in [0.2, 0.25) is 5.02 Å². The van der Waals surface area contributed by atoms with E-state index in [2.05, 4.69) is 63.5 Å². The number of nitrogens with two attached hydrogens (primary N) is 1. The van der Waals surface area contributed by atoms with Crippen molar-refractivity contribution in [1.29, 1.82) is 0 Å². The predicted molar refractivity (Wildman–Crippen MR) is 191 cm³/mol. The molecule has 5 rings (SSSR count). The van der Waals surface area contributed by atoms with E-state index in [-0.39, 0.29) is 34.1 Å². The van der Waals surface area contributed by atoms with Gasteiger partial charge >= 0.3 is 0 Å². The minimum absolute atomic E-state index is 0.106. The van der Waals surface area contributed by atoms with Gasteiger partial charge in [0.25, 0.3) is 0 Å². The smallest absolute Gasteiger partial charge is 0.246 e. The second kappa shape index (κ2) is 13.6. The number of carbonyl (C=O) groups excluding carboxylic acids is 1. The van der Waals surface area contributed by atoms with Gasteiger partial charge in [-0.25, -0.2) is 12.3 Å². The van der Waals surface area contributed by atoms with Gasteiger partial charge < -0.3 is 25.8 Å². The zero-order chi connectivity index (χ0) is 32.6. The number of fused-ring (bicyclic) bond motifs is 2. The Balaban J connectivity index is 1.66. The number of halogens is 3. The number of benzene rings is 2. The molecule has 0 saturated carbocycles. The number of anilines is 3. The van der Waals surface area contributed by atoms with Crippen LogP contribution in [0.1, 0.15) is 39.7 Å². The number of hydrogen-bond acceptors (Lipinski definition) is 8. The molecule has 1 saturated heterocycles. The van der Waals surface area contributed by atoms with Crippen molar-refractivity contribution in [1.82, 2.24) is 27.8 Å². The summed E-state index contributed by atoms with van der Waals surface area (Å²) in [6, 6.07) is 5.35. The number of aromatic nitrogens is 4. The quantitative estimate of drug-likeness (QED) is 0.111. The normalized spacial score (nSPS) is 17.1. The Morgan fingerprint density at radius 3 is 2.64 bits per heavy atom. The molecule has 0 aliphatic carbocycles. The molecule has 3 N–H and O–H groups in total. The SMILES string of the molecule is C=CC(=O)N1C[C@H](C)N(c2nc(NCCCN(CC)CC)nc3c(F)c(-c4c(C)ccc5c4c(N)nn5I)c(Cl)cc23)C[C@H]1C. The van der Waals surface area contributed by atoms with E-state index < -0.39 is 5.82 Å². The molecular formula is C32H40ClFIN9O. The van der Waals surface area contributed by atoms with Gasteiger partial charge in [-0.15, -0.1) is 5.10 Å². The van der Waals surface area contributed by atoms with Crippen LogP contribution in [0, 0.1) is 12.7 Å². The second-order valence-corrected chi connectivity index (χ2v) is 12.9. The summed E-state index contributed by atoms with van der Waals surface area (Å²) in [4.78, 5) is 28.5. The zero-order valence-corrected chi connectivity index (χ0v) is 29.3. The lowest BCUT2D eigenvalue weighted by Gasteiger charge is -2.44. The largest absolute Gasteiger partial charge is 0.382 e. The summed E-state index contributed by atoms with van der Waals surface area (Å²) < 4.78 is 18.7. The Labute approximate surface area is 282 Å². The van der Waals surface area contributed by atoms with Gasteiger partial charge in [-0.3, -0.25) is 4.79 Å². The van der Waals surface area contributed by atoms with E-state index >= 15 is 4.39 Å². The first-order chi connectivity index (χ1) is 21.5. The number of piperazine rings is 1. The van der Waals surface area contributed by atoms with Gasteiger partial charge in [0.1, 0.15) is 11.3 Å². The van der Waals surface area contributed by atoms with Crippen LogP contribution in [0.4, 0.5) is 22.0 Å². The standard InChI is InChI=1S/C32H40ClFIN9O/c1-7-24(45)42-16-20(6)43(17-19(42)5)31-21-15-22(33)26(25-18(4)11-12-23-27(25)30(36)40-44(23)35)28(34)29(21)38-32(39-31)37-13-10-14-41(8-2)9-3/h7,11-12,15,19-20H,1,8-10,13-14,16-17H2,2-6H3,(H2,36,40)(H,37,38,39)/t19-,20+/m1/s1. The van der Waals surface area contributed by atoms with Crippen molar-refractivity contribution < 1.29 is 9.18 Å². The predicted octanol–water partition coefficient (Wildman–Crippen LogP) is 6.28. The molecule has 4 aromatic rings. The van der Waals surface area contributed by atoms with E-state index in [9.17, 15) is 4.79 Å². The molecule has 10 nitrogen and oxygen atoms in total. The summed E-state index contributed by atoms with van der Waals surface area (Å²) in [5.41, 5.74) is 8.89. The Kier molecular flexibility index (Phi) is 10.0. The maximum Gasteiger partial charge on any atom is 0.246 e. The summed E-state index contributed by atoms with van der Waals surface area (Å²) in [5, 5.41) is 9.08. The summed E-state index contributed by atoms with van der Waals surface area (Å²) in [7, 11) is 0. The Hall–Kier alpha value is -3.23. The number of rotatable bonds is 10. The topological polar surface area (TPSA) is 108 Å². The van der Waals surface area contributed by atoms with Gasteiger partial charge in [-0.2, -0.15) is 4.98 Å². The molecule has 2 atom stereocenters. The number of nitrogens with one attached hydrogen (secondary N) is 1. The van der Waals surface area contributed by atoms with Crippen molar-refractivity contribution in [2.45, 2.75) is 53.1 Å². The molecular weight excluding hydrogens is 708 g/mol. The molecule has 1 fully saturated rings. The number of carbonyl (C=O) groups is 1. The fourth-order valence-corrected chi connectivity index (χ4v) is 7.15.